The zero-order valence-corrected chi connectivity index (χ0v) is 11.4. The summed E-state index contributed by atoms with van der Waals surface area (Å²) in [6.07, 6.45) is -1.03. The van der Waals surface area contributed by atoms with Gasteiger partial charge in [-0.1, -0.05) is 42.5 Å². The third-order valence-electron chi connectivity index (χ3n) is 2.81. The van der Waals surface area contributed by atoms with E-state index in [1.165, 1.54) is 6.07 Å². The molecule has 2 aromatic rings. The van der Waals surface area contributed by atoms with E-state index in [0.717, 1.165) is 17.7 Å². The van der Waals surface area contributed by atoms with E-state index in [0.29, 0.717) is 11.3 Å². The van der Waals surface area contributed by atoms with E-state index in [2.05, 4.69) is 4.99 Å². The van der Waals surface area contributed by atoms with Gasteiger partial charge in [0.2, 0.25) is 0 Å². The van der Waals surface area contributed by atoms with Crippen LogP contribution >= 0.6 is 0 Å². The highest BCUT2D eigenvalue weighted by Gasteiger charge is 2.30. The minimum atomic E-state index is -4.33. The van der Waals surface area contributed by atoms with E-state index in [9.17, 15) is 13.2 Å². The second-order valence-corrected chi connectivity index (χ2v) is 4.58. The first-order chi connectivity index (χ1) is 9.95. The summed E-state index contributed by atoms with van der Waals surface area (Å²) in [6.45, 7) is 1.75. The lowest BCUT2D eigenvalue weighted by molar-refractivity contribution is -0.137. The molecule has 1 nitrogen and oxygen atoms in total. The Bertz CT molecular complexity index is 655. The summed E-state index contributed by atoms with van der Waals surface area (Å²) in [5, 5.41) is 0. The number of benzene rings is 2. The summed E-state index contributed by atoms with van der Waals surface area (Å²) in [7, 11) is 0. The summed E-state index contributed by atoms with van der Waals surface area (Å²) in [5.74, 6) is 0. The molecule has 0 saturated heterocycles. The van der Waals surface area contributed by atoms with Gasteiger partial charge in [0.1, 0.15) is 0 Å². The monoisotopic (exact) mass is 289 g/mol. The van der Waals surface area contributed by atoms with Crippen molar-refractivity contribution in [2.45, 2.75) is 13.1 Å². The van der Waals surface area contributed by atoms with Gasteiger partial charge in [-0.15, -0.1) is 0 Å². The first-order valence-corrected chi connectivity index (χ1v) is 6.40. The Morgan fingerprint density at radius 1 is 0.952 bits per heavy atom. The molecular formula is C17H14F3N. The standard InChI is InChI=1S/C17H14F3N/c1-13(21-12-14-6-3-2-4-7-14)10-15-8-5-9-16(11-15)17(18,19)20/h2-12H,1H3. The van der Waals surface area contributed by atoms with Gasteiger partial charge in [-0.05, 0) is 36.3 Å². The van der Waals surface area contributed by atoms with Gasteiger partial charge in [0.05, 0.1) is 5.56 Å². The summed E-state index contributed by atoms with van der Waals surface area (Å²) < 4.78 is 37.9. The molecule has 108 valence electrons. The lowest BCUT2D eigenvalue weighted by Gasteiger charge is -2.06. The number of alkyl halides is 3. The number of nitrogens with zero attached hydrogens (tertiary/aromatic N) is 1. The molecule has 0 saturated carbocycles. The van der Waals surface area contributed by atoms with Gasteiger partial charge >= 0.3 is 6.18 Å². The minimum Gasteiger partial charge on any atom is -0.261 e. The number of hydrogen-bond donors (Lipinski definition) is 0. The van der Waals surface area contributed by atoms with E-state index >= 15 is 0 Å². The molecule has 0 spiro atoms. The fraction of sp³-hybridized carbons (Fsp3) is 0.118. The fourth-order valence-corrected chi connectivity index (χ4v) is 1.80. The normalized spacial score (nSPS) is 12.9. The molecule has 0 heterocycles. The molecule has 0 aliphatic carbocycles. The fourth-order valence-electron chi connectivity index (χ4n) is 1.80. The molecule has 4 heteroatoms. The summed E-state index contributed by atoms with van der Waals surface area (Å²) in [4.78, 5) is 4.24. The van der Waals surface area contributed by atoms with E-state index in [1.807, 2.05) is 30.3 Å². The highest BCUT2D eigenvalue weighted by Crippen LogP contribution is 2.29. The molecule has 0 aliphatic rings. The van der Waals surface area contributed by atoms with Gasteiger partial charge in [-0.25, -0.2) is 0 Å². The van der Waals surface area contributed by atoms with Crippen LogP contribution in [0.3, 0.4) is 0 Å². The third-order valence-corrected chi connectivity index (χ3v) is 2.81. The molecule has 0 atom stereocenters. The van der Waals surface area contributed by atoms with Crippen LogP contribution in [0.5, 0.6) is 0 Å². The van der Waals surface area contributed by atoms with Crippen molar-refractivity contribution in [3.8, 4) is 0 Å². The van der Waals surface area contributed by atoms with Crippen LogP contribution in [0.2, 0.25) is 0 Å². The molecule has 2 rings (SSSR count). The van der Waals surface area contributed by atoms with E-state index in [4.69, 9.17) is 0 Å². The number of hydrogen-bond acceptors (Lipinski definition) is 1. The highest BCUT2D eigenvalue weighted by atomic mass is 19.4. The van der Waals surface area contributed by atoms with Crippen molar-refractivity contribution >= 4 is 12.3 Å². The molecule has 0 radical (unpaired) electrons. The molecule has 0 aliphatic heterocycles. The predicted octanol–water partition coefficient (Wildman–Crippen LogP) is 5.19. The summed E-state index contributed by atoms with van der Waals surface area (Å²) in [5.41, 5.74) is 1.40. The third kappa shape index (κ3) is 4.60. The van der Waals surface area contributed by atoms with Gasteiger partial charge in [-0.2, -0.15) is 13.2 Å². The maximum absolute atomic E-state index is 12.6. The lowest BCUT2D eigenvalue weighted by atomic mass is 10.1. The molecular weight excluding hydrogens is 275 g/mol. The Kier molecular flexibility index (Phi) is 4.58. The Labute approximate surface area is 121 Å². The van der Waals surface area contributed by atoms with Crippen LogP contribution in [0.1, 0.15) is 23.6 Å². The quantitative estimate of drug-likeness (QED) is 0.690. The molecule has 0 fully saturated rings. The Morgan fingerprint density at radius 2 is 1.62 bits per heavy atom. The summed E-state index contributed by atoms with van der Waals surface area (Å²) >= 11 is 0. The number of halogens is 3. The van der Waals surface area contributed by atoms with E-state index in [-0.39, 0.29) is 0 Å². The van der Waals surface area contributed by atoms with Crippen molar-refractivity contribution in [1.29, 1.82) is 0 Å². The molecule has 0 unspecified atom stereocenters. The molecule has 2 aromatic carbocycles. The predicted molar refractivity (Wildman–Crippen MR) is 79.1 cm³/mol. The molecule has 0 aromatic heterocycles. The minimum absolute atomic E-state index is 0.479. The second kappa shape index (κ2) is 6.39. The van der Waals surface area contributed by atoms with Crippen LogP contribution in [-0.4, -0.2) is 6.21 Å². The van der Waals surface area contributed by atoms with Crippen molar-refractivity contribution < 1.29 is 13.2 Å². The van der Waals surface area contributed by atoms with Gasteiger partial charge in [0, 0.05) is 11.9 Å². The number of aliphatic imine (C=N–C) groups is 1. The van der Waals surface area contributed by atoms with Gasteiger partial charge in [-0.3, -0.25) is 4.99 Å². The van der Waals surface area contributed by atoms with Gasteiger partial charge in [0.25, 0.3) is 0 Å². The van der Waals surface area contributed by atoms with Crippen LogP contribution in [0.25, 0.3) is 6.08 Å². The maximum Gasteiger partial charge on any atom is 0.416 e. The molecule has 0 N–H and O–H groups in total. The first kappa shape index (κ1) is 15.0. The van der Waals surface area contributed by atoms with Crippen LogP contribution in [0.15, 0.2) is 65.3 Å². The van der Waals surface area contributed by atoms with Crippen molar-refractivity contribution in [3.05, 3.63) is 77.0 Å². The van der Waals surface area contributed by atoms with Crippen molar-refractivity contribution in [2.24, 2.45) is 4.99 Å². The molecule has 0 bridgehead atoms. The number of rotatable bonds is 3. The van der Waals surface area contributed by atoms with Gasteiger partial charge < -0.3 is 0 Å². The molecule has 0 amide bonds. The lowest BCUT2D eigenvalue weighted by Crippen LogP contribution is -2.04. The van der Waals surface area contributed by atoms with Crippen LogP contribution in [-0.2, 0) is 6.18 Å². The van der Waals surface area contributed by atoms with E-state index < -0.39 is 11.7 Å². The molecule has 21 heavy (non-hydrogen) atoms. The summed E-state index contributed by atoms with van der Waals surface area (Å²) in [6, 6.07) is 14.7. The maximum atomic E-state index is 12.6. The van der Waals surface area contributed by atoms with Gasteiger partial charge in [0.15, 0.2) is 0 Å². The number of allylic oxidation sites excluding steroid dienone is 1. The smallest absolute Gasteiger partial charge is 0.261 e. The zero-order chi connectivity index (χ0) is 15.3. The zero-order valence-electron chi connectivity index (χ0n) is 11.4. The van der Waals surface area contributed by atoms with Crippen molar-refractivity contribution in [3.63, 3.8) is 0 Å². The largest absolute Gasteiger partial charge is 0.416 e. The second-order valence-electron chi connectivity index (χ2n) is 4.58. The topological polar surface area (TPSA) is 12.4 Å². The average Bonchev–Trinajstić information content (AvgIpc) is 2.46. The Hall–Kier alpha value is -2.36. The first-order valence-electron chi connectivity index (χ1n) is 6.40. The highest BCUT2D eigenvalue weighted by molar-refractivity contribution is 5.80. The van der Waals surface area contributed by atoms with Crippen LogP contribution in [0.4, 0.5) is 13.2 Å². The SMILES string of the molecule is CC(=Cc1cccc(C(F)(F)F)c1)N=Cc1ccccc1. The Morgan fingerprint density at radius 3 is 2.29 bits per heavy atom. The van der Waals surface area contributed by atoms with Crippen LogP contribution < -0.4 is 0 Å². The van der Waals surface area contributed by atoms with Crippen LogP contribution in [0, 0.1) is 0 Å². The Balaban J connectivity index is 2.18. The van der Waals surface area contributed by atoms with Crippen molar-refractivity contribution in [2.75, 3.05) is 0 Å². The van der Waals surface area contributed by atoms with E-state index in [1.54, 1.807) is 25.3 Å². The van der Waals surface area contributed by atoms with Crippen molar-refractivity contribution in [1.82, 2.24) is 0 Å². The average molecular weight is 289 g/mol.